The van der Waals surface area contributed by atoms with E-state index in [0.717, 1.165) is 29.5 Å². The molecule has 0 bridgehead atoms. The molecule has 1 heterocycles. The highest BCUT2D eigenvalue weighted by molar-refractivity contribution is 5.41. The third-order valence-electron chi connectivity index (χ3n) is 2.63. The van der Waals surface area contributed by atoms with E-state index in [1.54, 1.807) is 7.11 Å². The molecular weight excluding hydrogens is 238 g/mol. The van der Waals surface area contributed by atoms with Crippen LogP contribution < -0.4 is 4.90 Å². The Hall–Kier alpha value is -1.42. The number of methoxy groups -OCH3 is 1. The minimum absolute atomic E-state index is 0.0808. The number of nitrogens with zero attached hydrogens (tertiary/aromatic N) is 3. The summed E-state index contributed by atoms with van der Waals surface area (Å²) >= 11 is 0. The second kappa shape index (κ2) is 6.15. The van der Waals surface area contributed by atoms with Crippen molar-refractivity contribution >= 4 is 5.82 Å². The first kappa shape index (κ1) is 15.6. The predicted octanol–water partition coefficient (Wildman–Crippen LogP) is 2.93. The van der Waals surface area contributed by atoms with Crippen LogP contribution >= 0.6 is 0 Å². The van der Waals surface area contributed by atoms with Crippen LogP contribution in [0.3, 0.4) is 0 Å². The maximum atomic E-state index is 5.19. The molecule has 0 aliphatic heterocycles. The summed E-state index contributed by atoms with van der Waals surface area (Å²) in [6.45, 7) is 13.6. The zero-order valence-corrected chi connectivity index (χ0v) is 12.9. The van der Waals surface area contributed by atoms with Gasteiger partial charge in [-0.25, -0.2) is 9.97 Å². The number of hydrogen-bond donors (Lipinski definition) is 0. The van der Waals surface area contributed by atoms with Gasteiger partial charge in [-0.1, -0.05) is 32.9 Å². The molecule has 0 radical (unpaired) electrons. The van der Waals surface area contributed by atoms with Crippen LogP contribution in [0.15, 0.2) is 18.2 Å². The Morgan fingerprint density at radius 1 is 1.37 bits per heavy atom. The standard InChI is InChI=1S/C15H25N3O/c1-11(2)9-18(6)13-8-12(10-19-7)16-14(17-13)15(3,4)5/h8H,1,9-10H2,2-7H3. The van der Waals surface area contributed by atoms with Gasteiger partial charge in [0.15, 0.2) is 0 Å². The molecule has 106 valence electrons. The van der Waals surface area contributed by atoms with Crippen LogP contribution in [0.4, 0.5) is 5.82 Å². The summed E-state index contributed by atoms with van der Waals surface area (Å²) in [5, 5.41) is 0. The molecule has 19 heavy (non-hydrogen) atoms. The Kier molecular flexibility index (Phi) is 5.06. The fourth-order valence-corrected chi connectivity index (χ4v) is 1.72. The topological polar surface area (TPSA) is 38.2 Å². The lowest BCUT2D eigenvalue weighted by Crippen LogP contribution is -2.24. The zero-order valence-electron chi connectivity index (χ0n) is 12.9. The summed E-state index contributed by atoms with van der Waals surface area (Å²) in [5.74, 6) is 1.75. The molecule has 0 atom stereocenters. The van der Waals surface area contributed by atoms with Gasteiger partial charge in [-0.15, -0.1) is 0 Å². The number of ether oxygens (including phenoxy) is 1. The SMILES string of the molecule is C=C(C)CN(C)c1cc(COC)nc(C(C)(C)C)n1. The van der Waals surface area contributed by atoms with E-state index in [9.17, 15) is 0 Å². The van der Waals surface area contributed by atoms with Crippen LogP contribution in [-0.2, 0) is 16.8 Å². The van der Waals surface area contributed by atoms with Gasteiger partial charge in [-0.2, -0.15) is 0 Å². The Morgan fingerprint density at radius 3 is 2.47 bits per heavy atom. The van der Waals surface area contributed by atoms with Crippen LogP contribution in [0.5, 0.6) is 0 Å². The molecule has 0 N–H and O–H groups in total. The smallest absolute Gasteiger partial charge is 0.136 e. The second-order valence-corrected chi connectivity index (χ2v) is 6.04. The van der Waals surface area contributed by atoms with Gasteiger partial charge in [0, 0.05) is 32.2 Å². The molecular formula is C15H25N3O. The lowest BCUT2D eigenvalue weighted by molar-refractivity contribution is 0.181. The summed E-state index contributed by atoms with van der Waals surface area (Å²) in [4.78, 5) is 11.3. The average molecular weight is 263 g/mol. The fourth-order valence-electron chi connectivity index (χ4n) is 1.72. The molecule has 1 aromatic rings. The highest BCUT2D eigenvalue weighted by Crippen LogP contribution is 2.22. The van der Waals surface area contributed by atoms with Crippen molar-refractivity contribution in [1.82, 2.24) is 9.97 Å². The molecule has 0 saturated heterocycles. The summed E-state index contributed by atoms with van der Waals surface area (Å²) in [5.41, 5.74) is 1.93. The molecule has 0 amide bonds. The highest BCUT2D eigenvalue weighted by Gasteiger charge is 2.20. The molecule has 4 heteroatoms. The Bertz CT molecular complexity index is 449. The van der Waals surface area contributed by atoms with E-state index in [1.807, 2.05) is 20.0 Å². The van der Waals surface area contributed by atoms with Crippen molar-refractivity contribution < 1.29 is 4.74 Å². The van der Waals surface area contributed by atoms with Crippen molar-refractivity contribution in [3.63, 3.8) is 0 Å². The Balaban J connectivity index is 3.16. The number of aromatic nitrogens is 2. The zero-order chi connectivity index (χ0) is 14.6. The van der Waals surface area contributed by atoms with Crippen molar-refractivity contribution in [3.05, 3.63) is 29.7 Å². The lowest BCUT2D eigenvalue weighted by atomic mass is 9.95. The van der Waals surface area contributed by atoms with Gasteiger partial charge in [0.2, 0.25) is 0 Å². The molecule has 0 unspecified atom stereocenters. The van der Waals surface area contributed by atoms with E-state index in [2.05, 4.69) is 42.2 Å². The van der Waals surface area contributed by atoms with Crippen molar-refractivity contribution in [2.75, 3.05) is 25.6 Å². The van der Waals surface area contributed by atoms with E-state index in [1.165, 1.54) is 0 Å². The first-order chi connectivity index (χ1) is 8.74. The van der Waals surface area contributed by atoms with Gasteiger partial charge in [-0.05, 0) is 6.92 Å². The van der Waals surface area contributed by atoms with Crippen LogP contribution in [-0.4, -0.2) is 30.7 Å². The number of hydrogen-bond acceptors (Lipinski definition) is 4. The maximum absolute atomic E-state index is 5.19. The molecule has 0 aliphatic carbocycles. The van der Waals surface area contributed by atoms with Crippen molar-refractivity contribution in [2.24, 2.45) is 0 Å². The van der Waals surface area contributed by atoms with E-state index in [-0.39, 0.29) is 5.41 Å². The summed E-state index contributed by atoms with van der Waals surface area (Å²) in [6.07, 6.45) is 0. The third kappa shape index (κ3) is 4.63. The van der Waals surface area contributed by atoms with Gasteiger partial charge in [0.1, 0.15) is 11.6 Å². The van der Waals surface area contributed by atoms with Crippen molar-refractivity contribution in [2.45, 2.75) is 39.7 Å². The van der Waals surface area contributed by atoms with Crippen LogP contribution in [0.2, 0.25) is 0 Å². The number of rotatable bonds is 5. The summed E-state index contributed by atoms with van der Waals surface area (Å²) < 4.78 is 5.19. The van der Waals surface area contributed by atoms with E-state index >= 15 is 0 Å². The van der Waals surface area contributed by atoms with Crippen molar-refractivity contribution in [1.29, 1.82) is 0 Å². The second-order valence-electron chi connectivity index (χ2n) is 6.04. The number of likely N-dealkylation sites (N-methyl/N-ethyl adjacent to an activating group) is 1. The fraction of sp³-hybridized carbons (Fsp3) is 0.600. The molecule has 1 aromatic heterocycles. The van der Waals surface area contributed by atoms with Crippen molar-refractivity contribution in [3.8, 4) is 0 Å². The normalized spacial score (nSPS) is 11.5. The van der Waals surface area contributed by atoms with E-state index in [4.69, 9.17) is 4.74 Å². The molecule has 0 saturated carbocycles. The summed E-state index contributed by atoms with van der Waals surface area (Å²) in [6, 6.07) is 1.97. The largest absolute Gasteiger partial charge is 0.378 e. The van der Waals surface area contributed by atoms with Crippen LogP contribution in [0.1, 0.15) is 39.2 Å². The van der Waals surface area contributed by atoms with Crippen LogP contribution in [0, 0.1) is 0 Å². The summed E-state index contributed by atoms with van der Waals surface area (Å²) in [7, 11) is 3.69. The van der Waals surface area contributed by atoms with E-state index < -0.39 is 0 Å². The molecule has 0 aliphatic rings. The van der Waals surface area contributed by atoms with Crippen LogP contribution in [0.25, 0.3) is 0 Å². The number of anilines is 1. The Morgan fingerprint density at radius 2 is 2.00 bits per heavy atom. The van der Waals surface area contributed by atoms with Gasteiger partial charge >= 0.3 is 0 Å². The van der Waals surface area contributed by atoms with E-state index in [0.29, 0.717) is 6.61 Å². The molecule has 0 fully saturated rings. The minimum atomic E-state index is -0.0808. The van der Waals surface area contributed by atoms with Gasteiger partial charge in [0.25, 0.3) is 0 Å². The first-order valence-electron chi connectivity index (χ1n) is 6.47. The molecule has 4 nitrogen and oxygen atoms in total. The molecule has 1 rings (SSSR count). The average Bonchev–Trinajstić information content (AvgIpc) is 2.27. The molecule has 0 aromatic carbocycles. The quantitative estimate of drug-likeness (QED) is 0.766. The molecule has 0 spiro atoms. The lowest BCUT2D eigenvalue weighted by Gasteiger charge is -2.23. The first-order valence-corrected chi connectivity index (χ1v) is 6.47. The monoisotopic (exact) mass is 263 g/mol. The predicted molar refractivity (Wildman–Crippen MR) is 79.5 cm³/mol. The van der Waals surface area contributed by atoms with Gasteiger partial charge < -0.3 is 9.64 Å². The minimum Gasteiger partial charge on any atom is -0.378 e. The maximum Gasteiger partial charge on any atom is 0.136 e. The Labute approximate surface area is 116 Å². The highest BCUT2D eigenvalue weighted by atomic mass is 16.5. The van der Waals surface area contributed by atoms with Gasteiger partial charge in [-0.3, -0.25) is 0 Å². The van der Waals surface area contributed by atoms with Gasteiger partial charge in [0.05, 0.1) is 12.3 Å². The third-order valence-corrected chi connectivity index (χ3v) is 2.63.